The van der Waals surface area contributed by atoms with Crippen LogP contribution in [0.5, 0.6) is 0 Å². The van der Waals surface area contributed by atoms with E-state index >= 15 is 0 Å². The predicted octanol–water partition coefficient (Wildman–Crippen LogP) is 6.35. The van der Waals surface area contributed by atoms with Crippen LogP contribution in [0.2, 0.25) is 0 Å². The van der Waals surface area contributed by atoms with Crippen molar-refractivity contribution in [1.29, 1.82) is 5.26 Å². The molecule has 4 aromatic rings. The van der Waals surface area contributed by atoms with Gasteiger partial charge >= 0.3 is 0 Å². The Morgan fingerprint density at radius 2 is 1.80 bits per heavy atom. The van der Waals surface area contributed by atoms with E-state index in [1.807, 2.05) is 48.7 Å². The zero-order valence-corrected chi connectivity index (χ0v) is 16.7. The molecule has 0 saturated heterocycles. The number of aryl methyl sites for hydroxylation is 1. The Morgan fingerprint density at radius 3 is 2.47 bits per heavy atom. The van der Waals surface area contributed by atoms with Gasteiger partial charge in [0.05, 0.1) is 16.2 Å². The number of nitro groups is 1. The van der Waals surface area contributed by atoms with Gasteiger partial charge in [-0.1, -0.05) is 29.8 Å². The van der Waals surface area contributed by atoms with E-state index in [0.717, 1.165) is 16.9 Å². The molecule has 30 heavy (non-hydrogen) atoms. The minimum atomic E-state index is -0.443. The summed E-state index contributed by atoms with van der Waals surface area (Å²) in [6.45, 7) is 2.03. The summed E-state index contributed by atoms with van der Waals surface area (Å²) < 4.78 is 5.88. The first-order valence-corrected chi connectivity index (χ1v) is 9.91. The molecule has 7 heteroatoms. The lowest BCUT2D eigenvalue weighted by atomic mass is 10.1. The summed E-state index contributed by atoms with van der Waals surface area (Å²) in [7, 11) is 0. The monoisotopic (exact) mass is 413 g/mol. The van der Waals surface area contributed by atoms with Crippen molar-refractivity contribution in [2.24, 2.45) is 0 Å². The van der Waals surface area contributed by atoms with Crippen LogP contribution in [-0.2, 0) is 0 Å². The van der Waals surface area contributed by atoms with Gasteiger partial charge in [0.1, 0.15) is 22.6 Å². The van der Waals surface area contributed by atoms with Crippen LogP contribution >= 0.6 is 11.3 Å². The van der Waals surface area contributed by atoms with E-state index in [1.54, 1.807) is 18.2 Å². The summed E-state index contributed by atoms with van der Waals surface area (Å²) in [4.78, 5) is 14.9. The number of nitriles is 1. The third kappa shape index (κ3) is 4.04. The maximum atomic E-state index is 10.8. The maximum Gasteiger partial charge on any atom is 0.269 e. The zero-order valence-electron chi connectivity index (χ0n) is 15.9. The minimum Gasteiger partial charge on any atom is -0.457 e. The molecule has 146 valence electrons. The quantitative estimate of drug-likeness (QED) is 0.216. The number of nitrogens with zero attached hydrogens (tertiary/aromatic N) is 3. The molecule has 0 atom stereocenters. The van der Waals surface area contributed by atoms with Gasteiger partial charge in [0.15, 0.2) is 0 Å². The van der Waals surface area contributed by atoms with Gasteiger partial charge in [0.2, 0.25) is 0 Å². The molecule has 0 aliphatic carbocycles. The van der Waals surface area contributed by atoms with Gasteiger partial charge in [-0.25, -0.2) is 4.98 Å². The lowest BCUT2D eigenvalue weighted by Crippen LogP contribution is -1.87. The molecule has 0 spiro atoms. The number of thiazole rings is 1. The molecule has 2 aromatic heterocycles. The summed E-state index contributed by atoms with van der Waals surface area (Å²) in [5.74, 6) is 1.29. The molecule has 0 aliphatic heterocycles. The van der Waals surface area contributed by atoms with E-state index in [0.29, 0.717) is 22.0 Å². The van der Waals surface area contributed by atoms with Crippen molar-refractivity contribution in [3.05, 3.63) is 92.5 Å². The van der Waals surface area contributed by atoms with Crippen molar-refractivity contribution in [3.8, 4) is 28.7 Å². The number of furan rings is 1. The van der Waals surface area contributed by atoms with Crippen molar-refractivity contribution in [2.75, 3.05) is 0 Å². The Morgan fingerprint density at radius 1 is 1.10 bits per heavy atom. The van der Waals surface area contributed by atoms with Crippen molar-refractivity contribution in [2.45, 2.75) is 6.92 Å². The van der Waals surface area contributed by atoms with Crippen molar-refractivity contribution in [3.63, 3.8) is 0 Å². The SMILES string of the molecule is Cc1ccc(-c2ccc(/C=C(\C#N)c3nc(-c4ccc([N+](=O)[O-])cc4)cs3)o2)cc1. The largest absolute Gasteiger partial charge is 0.457 e. The second-order valence-corrected chi connectivity index (χ2v) is 7.44. The maximum absolute atomic E-state index is 10.8. The predicted molar refractivity (Wildman–Crippen MR) is 117 cm³/mol. The molecule has 0 radical (unpaired) electrons. The molecule has 2 heterocycles. The van der Waals surface area contributed by atoms with Crippen LogP contribution in [0.1, 0.15) is 16.3 Å². The molecule has 0 unspecified atom stereocenters. The van der Waals surface area contributed by atoms with Crippen molar-refractivity contribution < 1.29 is 9.34 Å². The van der Waals surface area contributed by atoms with Gasteiger partial charge in [-0.2, -0.15) is 5.26 Å². The van der Waals surface area contributed by atoms with Gasteiger partial charge in [-0.3, -0.25) is 10.1 Å². The molecule has 0 fully saturated rings. The second-order valence-electron chi connectivity index (χ2n) is 6.58. The number of hydrogen-bond donors (Lipinski definition) is 0. The van der Waals surface area contributed by atoms with E-state index in [4.69, 9.17) is 4.42 Å². The van der Waals surface area contributed by atoms with Crippen molar-refractivity contribution >= 4 is 28.7 Å². The van der Waals surface area contributed by atoms with Crippen LogP contribution in [0, 0.1) is 28.4 Å². The van der Waals surface area contributed by atoms with Gasteiger partial charge < -0.3 is 4.42 Å². The topological polar surface area (TPSA) is 93.0 Å². The van der Waals surface area contributed by atoms with Crippen LogP contribution in [0.4, 0.5) is 5.69 Å². The van der Waals surface area contributed by atoms with Gasteiger partial charge in [0.25, 0.3) is 5.69 Å². The fourth-order valence-electron chi connectivity index (χ4n) is 2.87. The molecular formula is C23H15N3O3S. The molecule has 4 rings (SSSR count). The average molecular weight is 413 g/mol. The third-order valence-electron chi connectivity index (χ3n) is 4.48. The highest BCUT2D eigenvalue weighted by atomic mass is 32.1. The summed E-state index contributed by atoms with van der Waals surface area (Å²) in [5.41, 5.74) is 3.95. The molecule has 0 bridgehead atoms. The zero-order chi connectivity index (χ0) is 21.1. The fourth-order valence-corrected chi connectivity index (χ4v) is 3.67. The second kappa shape index (κ2) is 8.15. The van der Waals surface area contributed by atoms with Crippen LogP contribution in [-0.4, -0.2) is 9.91 Å². The Bertz CT molecular complexity index is 1280. The average Bonchev–Trinajstić information content (AvgIpc) is 3.43. The first-order valence-electron chi connectivity index (χ1n) is 9.03. The lowest BCUT2D eigenvalue weighted by molar-refractivity contribution is -0.384. The number of nitro benzene ring substituents is 1. The normalized spacial score (nSPS) is 11.3. The summed E-state index contributed by atoms with van der Waals surface area (Å²) >= 11 is 1.33. The summed E-state index contributed by atoms with van der Waals surface area (Å²) in [5, 5.41) is 22.8. The van der Waals surface area contributed by atoms with E-state index < -0.39 is 4.92 Å². The minimum absolute atomic E-state index is 0.0222. The summed E-state index contributed by atoms with van der Waals surface area (Å²) in [6, 6.07) is 20.0. The Balaban J connectivity index is 1.59. The number of hydrogen-bond acceptors (Lipinski definition) is 6. The third-order valence-corrected chi connectivity index (χ3v) is 5.35. The van der Waals surface area contributed by atoms with E-state index in [2.05, 4.69) is 11.1 Å². The molecule has 6 nitrogen and oxygen atoms in total. The first-order chi connectivity index (χ1) is 14.5. The van der Waals surface area contributed by atoms with Crippen LogP contribution in [0.3, 0.4) is 0 Å². The van der Waals surface area contributed by atoms with Gasteiger partial charge in [0, 0.05) is 34.7 Å². The van der Waals surface area contributed by atoms with Gasteiger partial charge in [-0.15, -0.1) is 11.3 Å². The molecule has 0 saturated carbocycles. The number of rotatable bonds is 5. The molecule has 0 N–H and O–H groups in total. The standard InChI is InChI=1S/C23H15N3O3S/c1-15-2-4-17(5-3-15)22-11-10-20(29-22)12-18(13-24)23-25-21(14-30-23)16-6-8-19(9-7-16)26(27)28/h2-12,14H,1H3/b18-12+. The van der Waals surface area contributed by atoms with Crippen LogP contribution in [0.15, 0.2) is 70.5 Å². The van der Waals surface area contributed by atoms with Gasteiger partial charge in [-0.05, 0) is 31.2 Å². The highest BCUT2D eigenvalue weighted by Gasteiger charge is 2.12. The number of aromatic nitrogens is 1. The Hall–Kier alpha value is -4.02. The Labute approximate surface area is 176 Å². The number of benzene rings is 2. The smallest absolute Gasteiger partial charge is 0.269 e. The Kier molecular flexibility index (Phi) is 5.24. The van der Waals surface area contributed by atoms with Crippen LogP contribution in [0.25, 0.3) is 34.2 Å². The van der Waals surface area contributed by atoms with E-state index in [9.17, 15) is 15.4 Å². The molecule has 0 aliphatic rings. The fraction of sp³-hybridized carbons (Fsp3) is 0.0435. The van der Waals surface area contributed by atoms with Crippen LogP contribution < -0.4 is 0 Å². The number of non-ortho nitro benzene ring substituents is 1. The number of allylic oxidation sites excluding steroid dienone is 1. The van der Waals surface area contributed by atoms with Crippen molar-refractivity contribution in [1.82, 2.24) is 4.98 Å². The summed E-state index contributed by atoms with van der Waals surface area (Å²) in [6.07, 6.45) is 1.66. The molecular weight excluding hydrogens is 398 g/mol. The highest BCUT2D eigenvalue weighted by Crippen LogP contribution is 2.29. The molecule has 2 aromatic carbocycles. The lowest BCUT2D eigenvalue weighted by Gasteiger charge is -1.98. The van der Waals surface area contributed by atoms with E-state index in [1.165, 1.54) is 29.0 Å². The molecule has 0 amide bonds. The van der Waals surface area contributed by atoms with E-state index in [-0.39, 0.29) is 5.69 Å². The highest BCUT2D eigenvalue weighted by molar-refractivity contribution is 7.11. The first kappa shape index (κ1) is 19.3.